The Morgan fingerprint density at radius 1 is 0.742 bits per heavy atom. The van der Waals surface area contributed by atoms with Crippen molar-refractivity contribution in [3.05, 3.63) is 134 Å². The molecule has 8 rings (SSSR count). The van der Waals surface area contributed by atoms with E-state index in [-0.39, 0.29) is 51.2 Å². The average Bonchev–Trinajstić information content (AvgIpc) is 3.67. The lowest BCUT2D eigenvalue weighted by atomic mass is 9.91. The van der Waals surface area contributed by atoms with Crippen LogP contribution in [0, 0.1) is 0 Å². The summed E-state index contributed by atoms with van der Waals surface area (Å²) in [6.45, 7) is 10.8. The first-order chi connectivity index (χ1) is 29.8. The molecule has 0 aromatic heterocycles. The molecule has 13 heteroatoms. The Labute approximate surface area is 358 Å². The van der Waals surface area contributed by atoms with Gasteiger partial charge in [-0.15, -0.1) is 0 Å². The molecule has 0 spiro atoms. The van der Waals surface area contributed by atoms with E-state index in [1.165, 1.54) is 48.0 Å². The number of carbonyl (C=O) groups is 3. The van der Waals surface area contributed by atoms with Gasteiger partial charge in [0, 0.05) is 87.1 Å². The SMILES string of the molecule is CC(C)c1cc(C(=O)N2Cc3ccc(CN4CCN(CCCCCNC(=O)c5ccc(-c6c7ccc(=O)cc-7oc7cc(O)ccc67)cc5C(=O)O)CC4)cc3C2)c(O)cc1O. The van der Waals surface area contributed by atoms with E-state index in [2.05, 4.69) is 33.3 Å². The van der Waals surface area contributed by atoms with Crippen LogP contribution in [-0.4, -0.2) is 92.2 Å². The normalized spacial score (nSPS) is 14.5. The predicted octanol–water partition coefficient (Wildman–Crippen LogP) is 7.38. The van der Waals surface area contributed by atoms with Crippen molar-refractivity contribution in [3.8, 4) is 39.7 Å². The first-order valence-corrected chi connectivity index (χ1v) is 21.1. The van der Waals surface area contributed by atoms with Crippen molar-refractivity contribution >= 4 is 28.8 Å². The number of carbonyl (C=O) groups excluding carboxylic acids is 2. The molecule has 4 aromatic rings. The quantitative estimate of drug-likeness (QED) is 0.0578. The van der Waals surface area contributed by atoms with Crippen LogP contribution in [0.1, 0.15) is 92.4 Å². The number of hydrogen-bond acceptors (Lipinski definition) is 10. The minimum Gasteiger partial charge on any atom is -0.508 e. The Hall–Kier alpha value is -6.70. The fourth-order valence-corrected chi connectivity index (χ4v) is 8.70. The van der Waals surface area contributed by atoms with Crippen LogP contribution in [0.5, 0.6) is 17.2 Å². The molecule has 2 amide bonds. The smallest absolute Gasteiger partial charge is 0.336 e. The third-order valence-corrected chi connectivity index (χ3v) is 12.0. The molecule has 0 saturated carbocycles. The highest BCUT2D eigenvalue weighted by Gasteiger charge is 2.28. The Bertz CT molecular complexity index is 2720. The third-order valence-electron chi connectivity index (χ3n) is 12.0. The number of carboxylic acids is 1. The highest BCUT2D eigenvalue weighted by Crippen LogP contribution is 2.41. The van der Waals surface area contributed by atoms with Crippen molar-refractivity contribution in [2.75, 3.05) is 39.3 Å². The van der Waals surface area contributed by atoms with Crippen LogP contribution in [-0.2, 0) is 19.6 Å². The monoisotopic (exact) mass is 838 g/mol. The number of hydrogen-bond donors (Lipinski definition) is 5. The molecule has 0 unspecified atom stereocenters. The maximum Gasteiger partial charge on any atom is 0.336 e. The van der Waals surface area contributed by atoms with Gasteiger partial charge in [0.2, 0.25) is 0 Å². The molecular formula is C49H50N4O9. The summed E-state index contributed by atoms with van der Waals surface area (Å²) in [7, 11) is 0. The zero-order valence-corrected chi connectivity index (χ0v) is 34.8. The molecule has 0 radical (unpaired) electrons. The Morgan fingerprint density at radius 3 is 2.29 bits per heavy atom. The molecule has 4 aliphatic rings. The summed E-state index contributed by atoms with van der Waals surface area (Å²) in [4.78, 5) is 57.9. The summed E-state index contributed by atoms with van der Waals surface area (Å²) in [6.07, 6.45) is 2.64. The van der Waals surface area contributed by atoms with Gasteiger partial charge in [-0.25, -0.2) is 4.79 Å². The molecule has 1 aliphatic carbocycles. The van der Waals surface area contributed by atoms with Gasteiger partial charge in [0.15, 0.2) is 5.43 Å². The lowest BCUT2D eigenvalue weighted by molar-refractivity contribution is 0.0690. The maximum atomic E-state index is 13.4. The highest BCUT2D eigenvalue weighted by molar-refractivity contribution is 6.08. The molecule has 1 saturated heterocycles. The lowest BCUT2D eigenvalue weighted by Gasteiger charge is -2.34. The zero-order valence-electron chi connectivity index (χ0n) is 34.8. The van der Waals surface area contributed by atoms with E-state index < -0.39 is 11.9 Å². The van der Waals surface area contributed by atoms with E-state index in [4.69, 9.17) is 4.42 Å². The number of rotatable bonds is 13. The highest BCUT2D eigenvalue weighted by atomic mass is 16.4. The first-order valence-electron chi connectivity index (χ1n) is 21.1. The number of amides is 2. The number of nitrogens with one attached hydrogen (secondary N) is 1. The molecule has 5 N–H and O–H groups in total. The summed E-state index contributed by atoms with van der Waals surface area (Å²) in [5.74, 6) is -1.91. The second kappa shape index (κ2) is 17.7. The Kier molecular flexibility index (Phi) is 12.0. The van der Waals surface area contributed by atoms with E-state index in [1.54, 1.807) is 29.2 Å². The van der Waals surface area contributed by atoms with Gasteiger partial charge in [-0.2, -0.15) is 0 Å². The largest absolute Gasteiger partial charge is 0.508 e. The number of fused-ring (bicyclic) bond motifs is 3. The minimum atomic E-state index is -1.24. The number of benzene rings is 5. The zero-order chi connectivity index (χ0) is 43.7. The van der Waals surface area contributed by atoms with Crippen LogP contribution in [0.2, 0.25) is 0 Å². The van der Waals surface area contributed by atoms with Crippen molar-refractivity contribution < 1.29 is 39.2 Å². The third kappa shape index (κ3) is 8.86. The van der Waals surface area contributed by atoms with Gasteiger partial charge >= 0.3 is 5.97 Å². The van der Waals surface area contributed by atoms with Crippen LogP contribution in [0.25, 0.3) is 33.4 Å². The molecule has 320 valence electrons. The van der Waals surface area contributed by atoms with Crippen molar-refractivity contribution in [3.63, 3.8) is 0 Å². The minimum absolute atomic E-state index is 0.00552. The summed E-state index contributed by atoms with van der Waals surface area (Å²) >= 11 is 0. The summed E-state index contributed by atoms with van der Waals surface area (Å²) in [5.41, 5.74) is 5.96. The van der Waals surface area contributed by atoms with Crippen LogP contribution in [0.15, 0.2) is 94.1 Å². The summed E-state index contributed by atoms with van der Waals surface area (Å²) in [6, 6.07) is 22.9. The summed E-state index contributed by atoms with van der Waals surface area (Å²) < 4.78 is 5.92. The number of piperazine rings is 1. The second-order valence-electron chi connectivity index (χ2n) is 16.7. The van der Waals surface area contributed by atoms with Crippen molar-refractivity contribution in [1.29, 1.82) is 0 Å². The van der Waals surface area contributed by atoms with Crippen LogP contribution in [0.3, 0.4) is 0 Å². The van der Waals surface area contributed by atoms with E-state index in [1.807, 2.05) is 13.8 Å². The van der Waals surface area contributed by atoms with E-state index in [0.717, 1.165) is 69.7 Å². The number of aromatic carboxylic acids is 1. The summed E-state index contributed by atoms with van der Waals surface area (Å²) in [5, 5.41) is 44.4. The lowest BCUT2D eigenvalue weighted by Crippen LogP contribution is -2.46. The van der Waals surface area contributed by atoms with Gasteiger partial charge in [-0.3, -0.25) is 19.3 Å². The average molecular weight is 839 g/mol. The second-order valence-corrected chi connectivity index (χ2v) is 16.7. The molecule has 1 fully saturated rings. The number of nitrogens with zero attached hydrogens (tertiary/aromatic N) is 3. The number of carboxylic acid groups (broad SMARTS) is 1. The first kappa shape index (κ1) is 42.0. The molecule has 0 atom stereocenters. The predicted molar refractivity (Wildman–Crippen MR) is 235 cm³/mol. The molecule has 3 aliphatic heterocycles. The van der Waals surface area contributed by atoms with E-state index in [9.17, 15) is 39.6 Å². The van der Waals surface area contributed by atoms with Gasteiger partial charge in [-0.1, -0.05) is 44.5 Å². The molecule has 4 aromatic carbocycles. The number of unbranched alkanes of at least 4 members (excludes halogenated alkanes) is 2. The van der Waals surface area contributed by atoms with Gasteiger partial charge in [0.1, 0.15) is 28.6 Å². The van der Waals surface area contributed by atoms with Crippen LogP contribution >= 0.6 is 0 Å². The fraction of sp³-hybridized carbons (Fsp3) is 0.306. The molecule has 62 heavy (non-hydrogen) atoms. The Morgan fingerprint density at radius 2 is 1.52 bits per heavy atom. The number of aromatic hydroxyl groups is 3. The topological polar surface area (TPSA) is 184 Å². The van der Waals surface area contributed by atoms with E-state index in [0.29, 0.717) is 58.6 Å². The number of phenols is 3. The molecule has 13 nitrogen and oxygen atoms in total. The van der Waals surface area contributed by atoms with Crippen LogP contribution in [0.4, 0.5) is 0 Å². The van der Waals surface area contributed by atoms with E-state index >= 15 is 0 Å². The van der Waals surface area contributed by atoms with Gasteiger partial charge < -0.3 is 40.0 Å². The maximum absolute atomic E-state index is 13.4. The number of phenolic OH excluding ortho intramolecular Hbond substituents is 3. The van der Waals surface area contributed by atoms with Crippen molar-refractivity contribution in [1.82, 2.24) is 20.0 Å². The standard InChI is InChI=1S/C49H50N4O9/c1-29(2)39-24-41(43(57)25-42(39)56)48(59)53-27-32-7-6-30(20-33(32)28-53)26-52-18-16-51(17-19-52)15-5-3-4-14-50-47(58)36-11-8-31(21-40(36)49(60)61)46-37-12-9-34(54)22-44(37)62-45-23-35(55)10-13-38(45)46/h6-13,20-25,29,54,56-57H,3-5,14-19,26-28H2,1-2H3,(H,50,58)(H,60,61). The molecule has 0 bridgehead atoms. The fourth-order valence-electron chi connectivity index (χ4n) is 8.70. The van der Waals surface area contributed by atoms with Gasteiger partial charge in [0.05, 0.1) is 16.7 Å². The van der Waals surface area contributed by atoms with Gasteiger partial charge in [0.25, 0.3) is 11.8 Å². The van der Waals surface area contributed by atoms with Crippen molar-refractivity contribution in [2.45, 2.75) is 58.7 Å². The molecular weight excluding hydrogens is 789 g/mol. The van der Waals surface area contributed by atoms with Crippen LogP contribution < -0.4 is 10.7 Å². The van der Waals surface area contributed by atoms with Gasteiger partial charge in [-0.05, 0) is 95.6 Å². The molecule has 3 heterocycles. The van der Waals surface area contributed by atoms with Crippen molar-refractivity contribution in [2.24, 2.45) is 0 Å². The Balaban J connectivity index is 0.789.